The number of rotatable bonds is 8. The van der Waals surface area contributed by atoms with E-state index in [2.05, 4.69) is 32.6 Å². The van der Waals surface area contributed by atoms with Crippen molar-refractivity contribution in [3.63, 3.8) is 0 Å². The summed E-state index contributed by atoms with van der Waals surface area (Å²) in [6.45, 7) is 0.106. The van der Waals surface area contributed by atoms with E-state index in [1.165, 1.54) is 26.4 Å². The first-order chi connectivity index (χ1) is 17.3. The van der Waals surface area contributed by atoms with Crippen molar-refractivity contribution in [1.29, 1.82) is 0 Å². The topological polar surface area (TPSA) is 107 Å². The van der Waals surface area contributed by atoms with Crippen LogP contribution in [0.25, 0.3) is 6.08 Å². The number of hydrogen-bond donors (Lipinski definition) is 1. The van der Waals surface area contributed by atoms with Crippen LogP contribution in [0.4, 0.5) is 4.79 Å². The molecule has 3 amide bonds. The van der Waals surface area contributed by atoms with Gasteiger partial charge in [0.25, 0.3) is 5.91 Å². The van der Waals surface area contributed by atoms with Gasteiger partial charge in [0.2, 0.25) is 5.76 Å². The average molecular weight is 623 g/mol. The molecule has 3 aromatic rings. The molecular weight excluding hydrogens is 603 g/mol. The van der Waals surface area contributed by atoms with Crippen LogP contribution in [0.1, 0.15) is 27.4 Å². The van der Waals surface area contributed by atoms with Gasteiger partial charge in [-0.2, -0.15) is 0 Å². The summed E-state index contributed by atoms with van der Waals surface area (Å²) in [4.78, 5) is 37.9. The van der Waals surface area contributed by atoms with Gasteiger partial charge in [0.05, 0.1) is 24.3 Å². The minimum absolute atomic E-state index is 0.0196. The fourth-order valence-electron chi connectivity index (χ4n) is 3.44. The predicted octanol–water partition coefficient (Wildman–Crippen LogP) is 5.00. The van der Waals surface area contributed by atoms with Crippen LogP contribution in [-0.4, -0.2) is 37.0 Å². The zero-order chi connectivity index (χ0) is 25.8. The molecule has 0 bridgehead atoms. The van der Waals surface area contributed by atoms with E-state index in [0.29, 0.717) is 22.1 Å². The number of carbonyl (C=O) groups is 3. The summed E-state index contributed by atoms with van der Waals surface area (Å²) in [5, 5.41) is 3.16. The van der Waals surface area contributed by atoms with Crippen molar-refractivity contribution in [1.82, 2.24) is 10.2 Å². The van der Waals surface area contributed by atoms with Crippen LogP contribution in [0.15, 0.2) is 58.6 Å². The van der Waals surface area contributed by atoms with Crippen LogP contribution in [0.5, 0.6) is 11.5 Å². The molecule has 4 rings (SSSR count). The lowest BCUT2D eigenvalue weighted by atomic mass is 10.1. The van der Waals surface area contributed by atoms with Gasteiger partial charge in [0.1, 0.15) is 18.1 Å². The molecule has 0 atom stereocenters. The molecule has 11 heteroatoms. The second kappa shape index (κ2) is 11.0. The Hall–Kier alpha value is -3.51. The molecule has 0 spiro atoms. The monoisotopic (exact) mass is 622 g/mol. The first-order valence-electron chi connectivity index (χ1n) is 10.6. The van der Waals surface area contributed by atoms with Crippen LogP contribution in [0.3, 0.4) is 0 Å². The number of esters is 1. The first kappa shape index (κ1) is 25.6. The van der Waals surface area contributed by atoms with Crippen LogP contribution in [0.2, 0.25) is 5.02 Å². The Balaban J connectivity index is 1.51. The number of halogens is 2. The lowest BCUT2D eigenvalue weighted by Gasteiger charge is -2.14. The molecule has 0 saturated carbocycles. The van der Waals surface area contributed by atoms with Gasteiger partial charge >= 0.3 is 12.0 Å². The third kappa shape index (κ3) is 5.49. The smallest absolute Gasteiger partial charge is 0.373 e. The van der Waals surface area contributed by atoms with Crippen LogP contribution in [-0.2, 0) is 22.7 Å². The highest BCUT2D eigenvalue weighted by Gasteiger charge is 2.34. The largest absolute Gasteiger partial charge is 0.493 e. The molecule has 1 aliphatic heterocycles. The molecule has 2 heterocycles. The summed E-state index contributed by atoms with van der Waals surface area (Å²) in [5.74, 6) is 0.0410. The minimum atomic E-state index is -0.651. The molecule has 0 unspecified atom stereocenters. The van der Waals surface area contributed by atoms with Gasteiger partial charge in [-0.15, -0.1) is 0 Å². The molecular formula is C25H20ClIN2O7. The maximum Gasteiger partial charge on any atom is 0.373 e. The molecule has 0 radical (unpaired) electrons. The summed E-state index contributed by atoms with van der Waals surface area (Å²) < 4.78 is 22.2. The van der Waals surface area contributed by atoms with Crippen molar-refractivity contribution >= 4 is 58.2 Å². The molecule has 9 nitrogen and oxygen atoms in total. The Morgan fingerprint density at radius 1 is 1.17 bits per heavy atom. The number of methoxy groups -OCH3 is 2. The van der Waals surface area contributed by atoms with Crippen molar-refractivity contribution in [2.75, 3.05) is 14.2 Å². The third-order valence-electron chi connectivity index (χ3n) is 5.22. The fraction of sp³-hybridized carbons (Fsp3) is 0.160. The molecule has 186 valence electrons. The number of furan rings is 1. The van der Waals surface area contributed by atoms with Gasteiger partial charge in [-0.3, -0.25) is 9.69 Å². The SMILES string of the molecule is COC(=O)c1ccc(CN2C(=O)N/C(=C\c3cc(I)c(OCc4ccccc4Cl)c(OC)c3)C2=O)o1. The summed E-state index contributed by atoms with van der Waals surface area (Å²) in [5.41, 5.74) is 1.54. The first-order valence-corrected chi connectivity index (χ1v) is 12.0. The molecule has 36 heavy (non-hydrogen) atoms. The Bertz CT molecular complexity index is 1370. The number of amides is 3. The molecule has 1 N–H and O–H groups in total. The van der Waals surface area contributed by atoms with E-state index >= 15 is 0 Å². The highest BCUT2D eigenvalue weighted by molar-refractivity contribution is 14.1. The predicted molar refractivity (Wildman–Crippen MR) is 139 cm³/mol. The molecule has 1 saturated heterocycles. The highest BCUT2D eigenvalue weighted by atomic mass is 127. The number of carbonyl (C=O) groups excluding carboxylic acids is 3. The zero-order valence-electron chi connectivity index (χ0n) is 19.2. The van der Waals surface area contributed by atoms with Crippen molar-refractivity contribution in [3.8, 4) is 11.5 Å². The number of benzene rings is 2. The van der Waals surface area contributed by atoms with Gasteiger partial charge in [0.15, 0.2) is 11.5 Å². The maximum absolute atomic E-state index is 12.9. The summed E-state index contributed by atoms with van der Waals surface area (Å²) in [6, 6.07) is 13.2. The Labute approximate surface area is 225 Å². The summed E-state index contributed by atoms with van der Waals surface area (Å²) in [7, 11) is 2.74. The molecule has 1 aliphatic rings. The molecule has 1 fully saturated rings. The molecule has 2 aromatic carbocycles. The van der Waals surface area contributed by atoms with Crippen molar-refractivity contribution in [2.45, 2.75) is 13.2 Å². The molecule has 1 aromatic heterocycles. The number of hydrogen-bond acceptors (Lipinski definition) is 7. The van der Waals surface area contributed by atoms with Crippen molar-refractivity contribution < 1.29 is 33.0 Å². The van der Waals surface area contributed by atoms with Crippen LogP contribution >= 0.6 is 34.2 Å². The van der Waals surface area contributed by atoms with E-state index in [4.69, 9.17) is 25.5 Å². The Morgan fingerprint density at radius 3 is 2.67 bits per heavy atom. The van der Waals surface area contributed by atoms with E-state index in [0.717, 1.165) is 14.0 Å². The number of imide groups is 1. The summed E-state index contributed by atoms with van der Waals surface area (Å²) >= 11 is 8.33. The second-order valence-corrected chi connectivity index (χ2v) is 9.12. The Morgan fingerprint density at radius 2 is 1.94 bits per heavy atom. The second-order valence-electron chi connectivity index (χ2n) is 7.55. The number of nitrogens with one attached hydrogen (secondary N) is 1. The van der Waals surface area contributed by atoms with Crippen molar-refractivity contribution in [2.24, 2.45) is 0 Å². The lowest BCUT2D eigenvalue weighted by molar-refractivity contribution is -0.123. The Kier molecular flexibility index (Phi) is 7.85. The lowest BCUT2D eigenvalue weighted by Crippen LogP contribution is -2.30. The van der Waals surface area contributed by atoms with Crippen molar-refractivity contribution in [3.05, 3.63) is 85.5 Å². The van der Waals surface area contributed by atoms with Crippen LogP contribution in [0, 0.1) is 3.57 Å². The van der Waals surface area contributed by atoms with Gasteiger partial charge in [0, 0.05) is 10.6 Å². The van der Waals surface area contributed by atoms with E-state index in [1.807, 2.05) is 18.2 Å². The summed E-state index contributed by atoms with van der Waals surface area (Å²) in [6.07, 6.45) is 1.55. The van der Waals surface area contributed by atoms with E-state index < -0.39 is 17.9 Å². The highest BCUT2D eigenvalue weighted by Crippen LogP contribution is 2.36. The third-order valence-corrected chi connectivity index (χ3v) is 6.39. The van der Waals surface area contributed by atoms with Gasteiger partial charge in [-0.1, -0.05) is 29.8 Å². The normalized spacial score (nSPS) is 14.2. The van der Waals surface area contributed by atoms with Gasteiger partial charge < -0.3 is 23.9 Å². The fourth-order valence-corrected chi connectivity index (χ4v) is 4.41. The number of nitrogens with zero attached hydrogens (tertiary/aromatic N) is 1. The van der Waals surface area contributed by atoms with Gasteiger partial charge in [-0.25, -0.2) is 9.59 Å². The zero-order valence-corrected chi connectivity index (χ0v) is 22.1. The van der Waals surface area contributed by atoms with Gasteiger partial charge in [-0.05, 0) is 64.6 Å². The van der Waals surface area contributed by atoms with E-state index in [1.54, 1.807) is 24.3 Å². The maximum atomic E-state index is 12.9. The van der Waals surface area contributed by atoms with Crippen LogP contribution < -0.4 is 14.8 Å². The minimum Gasteiger partial charge on any atom is -0.493 e. The standard InChI is InChI=1S/C25H20ClIN2O7/c1-33-21-11-14(9-18(27)22(21)35-13-15-5-3-4-6-17(15)26)10-19-23(30)29(25(32)28-19)12-16-7-8-20(36-16)24(31)34-2/h3-11H,12-13H2,1-2H3,(H,28,32)/b19-10-. The van der Waals surface area contributed by atoms with E-state index in [9.17, 15) is 14.4 Å². The average Bonchev–Trinajstić information content (AvgIpc) is 3.44. The van der Waals surface area contributed by atoms with E-state index in [-0.39, 0.29) is 30.4 Å². The number of urea groups is 1. The molecule has 0 aliphatic carbocycles. The quantitative estimate of drug-likeness (QED) is 0.163. The number of ether oxygens (including phenoxy) is 3.